The molecule has 0 amide bonds. The molecular weight excluding hydrogens is 230 g/mol. The summed E-state index contributed by atoms with van der Waals surface area (Å²) in [6, 6.07) is 0.285. The Morgan fingerprint density at radius 2 is 2.28 bits per heavy atom. The molecule has 1 aliphatic rings. The van der Waals surface area contributed by atoms with Crippen molar-refractivity contribution >= 4 is 0 Å². The summed E-state index contributed by atoms with van der Waals surface area (Å²) in [4.78, 5) is 4.26. The van der Waals surface area contributed by atoms with E-state index >= 15 is 0 Å². The van der Waals surface area contributed by atoms with Crippen molar-refractivity contribution < 1.29 is 4.74 Å². The van der Waals surface area contributed by atoms with Gasteiger partial charge in [-0.3, -0.25) is 4.68 Å². The first-order chi connectivity index (χ1) is 8.79. The molecule has 0 radical (unpaired) electrons. The Kier molecular flexibility index (Phi) is 2.89. The van der Waals surface area contributed by atoms with Gasteiger partial charge in [0.25, 0.3) is 0 Å². The van der Waals surface area contributed by atoms with Gasteiger partial charge in [-0.15, -0.1) is 0 Å². The highest BCUT2D eigenvalue weighted by Crippen LogP contribution is 2.26. The first kappa shape index (κ1) is 11.4. The van der Waals surface area contributed by atoms with Crippen molar-refractivity contribution in [3.8, 4) is 11.3 Å². The number of methoxy groups -OCH3 is 1. The predicted molar refractivity (Wildman–Crippen MR) is 67.1 cm³/mol. The summed E-state index contributed by atoms with van der Waals surface area (Å²) in [5, 5.41) is 7.56. The van der Waals surface area contributed by atoms with Crippen LogP contribution in [0.2, 0.25) is 0 Å². The molecule has 96 valence electrons. The molecule has 1 aliphatic heterocycles. The first-order valence-corrected chi connectivity index (χ1v) is 6.04. The van der Waals surface area contributed by atoms with Crippen LogP contribution in [0.3, 0.4) is 0 Å². The van der Waals surface area contributed by atoms with Gasteiger partial charge in [0, 0.05) is 39.0 Å². The minimum atomic E-state index is 0.189. The quantitative estimate of drug-likeness (QED) is 0.855. The van der Waals surface area contributed by atoms with Crippen molar-refractivity contribution in [1.29, 1.82) is 0 Å². The maximum atomic E-state index is 5.51. The number of rotatable bonds is 3. The zero-order valence-electron chi connectivity index (χ0n) is 10.6. The molecule has 1 saturated heterocycles. The Labute approximate surface area is 106 Å². The maximum Gasteiger partial charge on any atom is 0.0954 e. The average Bonchev–Trinajstić information content (AvgIpc) is 3.06. The first-order valence-electron chi connectivity index (χ1n) is 6.04. The Hall–Kier alpha value is -1.66. The molecular formula is C12H17N5O. The fraction of sp³-hybridized carbons (Fsp3) is 0.500. The van der Waals surface area contributed by atoms with Crippen molar-refractivity contribution in [3.63, 3.8) is 0 Å². The van der Waals surface area contributed by atoms with E-state index in [4.69, 9.17) is 4.74 Å². The smallest absolute Gasteiger partial charge is 0.0954 e. The summed E-state index contributed by atoms with van der Waals surface area (Å²) in [5.41, 5.74) is 2.16. The number of ether oxygens (including phenoxy) is 1. The van der Waals surface area contributed by atoms with E-state index in [-0.39, 0.29) is 12.1 Å². The van der Waals surface area contributed by atoms with E-state index in [1.54, 1.807) is 11.8 Å². The van der Waals surface area contributed by atoms with Gasteiger partial charge in [-0.25, -0.2) is 4.98 Å². The summed E-state index contributed by atoms with van der Waals surface area (Å²) in [5.74, 6) is 0. The number of nitrogens with zero attached hydrogens (tertiary/aromatic N) is 4. The van der Waals surface area contributed by atoms with Crippen molar-refractivity contribution in [3.05, 3.63) is 24.9 Å². The third kappa shape index (κ3) is 1.83. The second kappa shape index (κ2) is 4.55. The Balaban J connectivity index is 1.96. The van der Waals surface area contributed by atoms with Crippen LogP contribution < -0.4 is 5.32 Å². The lowest BCUT2D eigenvalue weighted by Crippen LogP contribution is -2.24. The number of hydrogen-bond acceptors (Lipinski definition) is 4. The van der Waals surface area contributed by atoms with Crippen LogP contribution >= 0.6 is 0 Å². The average molecular weight is 247 g/mol. The van der Waals surface area contributed by atoms with Crippen molar-refractivity contribution in [2.45, 2.75) is 12.1 Å². The third-order valence-electron chi connectivity index (χ3n) is 3.45. The number of imidazole rings is 1. The normalized spacial score (nSPS) is 23.7. The summed E-state index contributed by atoms with van der Waals surface area (Å²) < 4.78 is 9.48. The molecule has 2 aromatic heterocycles. The fourth-order valence-electron chi connectivity index (χ4n) is 2.50. The van der Waals surface area contributed by atoms with Crippen molar-refractivity contribution in [2.24, 2.45) is 7.05 Å². The summed E-state index contributed by atoms with van der Waals surface area (Å²) in [6.45, 7) is 1.79. The third-order valence-corrected chi connectivity index (χ3v) is 3.45. The molecule has 1 N–H and O–H groups in total. The molecule has 3 heterocycles. The molecule has 2 aromatic rings. The summed E-state index contributed by atoms with van der Waals surface area (Å²) in [6.07, 6.45) is 7.79. The van der Waals surface area contributed by atoms with E-state index in [9.17, 15) is 0 Å². The molecule has 1 unspecified atom stereocenters. The van der Waals surface area contributed by atoms with E-state index in [2.05, 4.69) is 20.0 Å². The molecule has 1 fully saturated rings. The maximum absolute atomic E-state index is 5.51. The van der Waals surface area contributed by atoms with E-state index < -0.39 is 0 Å². The molecule has 0 bridgehead atoms. The monoisotopic (exact) mass is 247 g/mol. The van der Waals surface area contributed by atoms with Crippen LogP contribution in [0.15, 0.2) is 24.9 Å². The van der Waals surface area contributed by atoms with Gasteiger partial charge in [0.1, 0.15) is 0 Å². The fourth-order valence-corrected chi connectivity index (χ4v) is 2.50. The number of aryl methyl sites for hydroxylation is 1. The predicted octanol–water partition coefficient (Wildman–Crippen LogP) is 0.443. The van der Waals surface area contributed by atoms with Crippen LogP contribution in [0.5, 0.6) is 0 Å². The van der Waals surface area contributed by atoms with Gasteiger partial charge < -0.3 is 14.6 Å². The highest BCUT2D eigenvalue weighted by molar-refractivity contribution is 5.56. The molecule has 18 heavy (non-hydrogen) atoms. The Bertz CT molecular complexity index is 532. The highest BCUT2D eigenvalue weighted by atomic mass is 16.5. The number of nitrogens with one attached hydrogen (secondary N) is 1. The SMILES string of the molecule is CO[C@H]1CNCC1n1cncc1-c1cnn(C)c1. The lowest BCUT2D eigenvalue weighted by molar-refractivity contribution is 0.0870. The van der Waals surface area contributed by atoms with Crippen LogP contribution in [0.4, 0.5) is 0 Å². The van der Waals surface area contributed by atoms with Crippen LogP contribution in [0, 0.1) is 0 Å². The second-order valence-corrected chi connectivity index (χ2v) is 4.59. The van der Waals surface area contributed by atoms with Crippen LogP contribution in [0.25, 0.3) is 11.3 Å². The zero-order chi connectivity index (χ0) is 12.5. The molecule has 3 rings (SSSR count). The summed E-state index contributed by atoms with van der Waals surface area (Å²) >= 11 is 0. The van der Waals surface area contributed by atoms with E-state index in [1.165, 1.54) is 0 Å². The van der Waals surface area contributed by atoms with Gasteiger partial charge in [-0.1, -0.05) is 0 Å². The lowest BCUT2D eigenvalue weighted by Gasteiger charge is -2.20. The van der Waals surface area contributed by atoms with Crippen molar-refractivity contribution in [1.82, 2.24) is 24.6 Å². The zero-order valence-corrected chi connectivity index (χ0v) is 10.6. The molecule has 2 atom stereocenters. The number of aromatic nitrogens is 4. The Morgan fingerprint density at radius 3 is 3.00 bits per heavy atom. The van der Waals surface area contributed by atoms with E-state index in [1.807, 2.05) is 32.0 Å². The van der Waals surface area contributed by atoms with Gasteiger partial charge >= 0.3 is 0 Å². The van der Waals surface area contributed by atoms with Gasteiger partial charge in [0.05, 0.1) is 36.6 Å². The van der Waals surface area contributed by atoms with E-state index in [0.29, 0.717) is 0 Å². The minimum Gasteiger partial charge on any atom is -0.378 e. The number of hydrogen-bond donors (Lipinski definition) is 1. The van der Waals surface area contributed by atoms with Gasteiger partial charge in [0.2, 0.25) is 0 Å². The molecule has 0 spiro atoms. The largest absolute Gasteiger partial charge is 0.378 e. The molecule has 0 aliphatic carbocycles. The highest BCUT2D eigenvalue weighted by Gasteiger charge is 2.29. The second-order valence-electron chi connectivity index (χ2n) is 4.59. The molecule has 6 nitrogen and oxygen atoms in total. The van der Waals surface area contributed by atoms with Crippen LogP contribution in [0.1, 0.15) is 6.04 Å². The van der Waals surface area contributed by atoms with Gasteiger partial charge in [-0.2, -0.15) is 5.10 Å². The Morgan fingerprint density at radius 1 is 1.39 bits per heavy atom. The molecule has 6 heteroatoms. The molecule has 0 saturated carbocycles. The summed E-state index contributed by atoms with van der Waals surface area (Å²) in [7, 11) is 3.67. The van der Waals surface area contributed by atoms with Crippen LogP contribution in [-0.2, 0) is 11.8 Å². The van der Waals surface area contributed by atoms with E-state index in [0.717, 1.165) is 24.3 Å². The van der Waals surface area contributed by atoms with Crippen LogP contribution in [-0.4, -0.2) is 45.6 Å². The topological polar surface area (TPSA) is 56.9 Å². The van der Waals surface area contributed by atoms with Gasteiger partial charge in [0.15, 0.2) is 0 Å². The standard InChI is InChI=1S/C12H17N5O/c1-16-7-9(3-15-16)10-4-14-8-17(10)11-5-13-6-12(11)18-2/h3-4,7-8,11-13H,5-6H2,1-2H3/t11?,12-/m0/s1. The van der Waals surface area contributed by atoms with Gasteiger partial charge in [-0.05, 0) is 0 Å². The minimum absolute atomic E-state index is 0.189. The van der Waals surface area contributed by atoms with Crippen molar-refractivity contribution in [2.75, 3.05) is 20.2 Å². The lowest BCUT2D eigenvalue weighted by atomic mass is 10.2. The molecule has 0 aromatic carbocycles.